The summed E-state index contributed by atoms with van der Waals surface area (Å²) in [6, 6.07) is 2.58. The number of benzene rings is 1. The number of aryl methyl sites for hydroxylation is 1. The van der Waals surface area contributed by atoms with Crippen molar-refractivity contribution in [1.29, 1.82) is 0 Å². The maximum absolute atomic E-state index is 14.3. The molecule has 4 aliphatic heterocycles. The second-order valence-corrected chi connectivity index (χ2v) is 15.7. The molecule has 3 N–H and O–H groups in total. The molecule has 2 aromatic heterocycles. The van der Waals surface area contributed by atoms with Gasteiger partial charge in [-0.3, -0.25) is 14.4 Å². The molecule has 2 saturated heterocycles. The van der Waals surface area contributed by atoms with E-state index in [0.29, 0.717) is 65.3 Å². The number of hydrogen-bond acceptors (Lipinski definition) is 9. The lowest BCUT2D eigenvalue weighted by atomic mass is 9.89. The van der Waals surface area contributed by atoms with Gasteiger partial charge in [-0.25, -0.2) is 0 Å². The first kappa shape index (κ1) is 37.8. The number of nitrogens with one attached hydrogen (secondary N) is 1. The van der Waals surface area contributed by atoms with Crippen molar-refractivity contribution in [3.8, 4) is 6.01 Å². The molecule has 1 aromatic carbocycles. The Balaban J connectivity index is 0.00000104. The number of fused-ring (bicyclic) bond motifs is 3. The van der Waals surface area contributed by atoms with Crippen LogP contribution < -0.4 is 20.7 Å². The Morgan fingerprint density at radius 3 is 2.64 bits per heavy atom. The Labute approximate surface area is 316 Å². The molecule has 8 rings (SSSR count). The Kier molecular flexibility index (Phi) is 10.2. The highest BCUT2D eigenvalue weighted by Gasteiger charge is 2.60. The standard InChI is InChI=1S/C33H37BrClF3N8O3.C2H2F2/c1-40-29(47)27-26(34)23-13-44(7-3-9-46(23)43-27)28-20-14-48-24(19-10-18(39)11-21(35)25(19)33(36,37)38)12-22(20)41-30(42-28)49-17-32-4-2-8-45(32)16-31(15-32)5-6-31;1-2(3)4/h10-11,24H,2-9,12-17,39H2,1H3,(H,40,47);1H2. The van der Waals surface area contributed by atoms with Gasteiger partial charge in [-0.05, 0) is 90.7 Å². The lowest BCUT2D eigenvalue weighted by molar-refractivity contribution is -0.139. The van der Waals surface area contributed by atoms with Crippen LogP contribution in [0.5, 0.6) is 6.01 Å². The fraction of sp³-hybridized carbons (Fsp3) is 0.543. The number of hydrogen-bond donors (Lipinski definition) is 2. The van der Waals surface area contributed by atoms with E-state index in [1.807, 2.05) is 4.68 Å². The van der Waals surface area contributed by atoms with Crippen LogP contribution in [-0.4, -0.2) is 69.4 Å². The number of ether oxygens (including phenoxy) is 2. The number of amides is 1. The zero-order valence-corrected chi connectivity index (χ0v) is 31.3. The van der Waals surface area contributed by atoms with Gasteiger partial charge in [0.25, 0.3) is 12.0 Å². The van der Waals surface area contributed by atoms with Crippen LogP contribution in [0.2, 0.25) is 5.02 Å². The van der Waals surface area contributed by atoms with Crippen LogP contribution in [-0.2, 0) is 37.0 Å². The summed E-state index contributed by atoms with van der Waals surface area (Å²) in [4.78, 5) is 27.0. The van der Waals surface area contributed by atoms with E-state index in [0.717, 1.165) is 44.1 Å². The molecule has 3 aromatic rings. The van der Waals surface area contributed by atoms with Gasteiger partial charge in [-0.2, -0.15) is 37.0 Å². The van der Waals surface area contributed by atoms with Gasteiger partial charge in [0.15, 0.2) is 5.69 Å². The molecule has 3 fully saturated rings. The topological polar surface area (TPSA) is 124 Å². The van der Waals surface area contributed by atoms with Crippen LogP contribution in [0.1, 0.15) is 83.2 Å². The molecule has 0 bridgehead atoms. The predicted octanol–water partition coefficient (Wildman–Crippen LogP) is 7.07. The third-order valence-corrected chi connectivity index (χ3v) is 12.0. The predicted molar refractivity (Wildman–Crippen MR) is 190 cm³/mol. The number of halogens is 7. The van der Waals surface area contributed by atoms with Crippen molar-refractivity contribution in [1.82, 2.24) is 30.0 Å². The molecule has 53 heavy (non-hydrogen) atoms. The number of nitrogens with two attached hydrogens (primary N) is 1. The fourth-order valence-corrected chi connectivity index (χ4v) is 9.34. The highest BCUT2D eigenvalue weighted by atomic mass is 79.9. The summed E-state index contributed by atoms with van der Waals surface area (Å²) in [5.41, 5.74) is 7.69. The zero-order valence-electron chi connectivity index (χ0n) is 29.0. The Morgan fingerprint density at radius 2 is 1.94 bits per heavy atom. The van der Waals surface area contributed by atoms with Gasteiger partial charge in [-0.1, -0.05) is 11.6 Å². The zero-order chi connectivity index (χ0) is 37.9. The van der Waals surface area contributed by atoms with Gasteiger partial charge in [0, 0.05) is 44.4 Å². The van der Waals surface area contributed by atoms with Crippen LogP contribution >= 0.6 is 27.5 Å². The van der Waals surface area contributed by atoms with Crippen molar-refractivity contribution in [2.75, 3.05) is 43.9 Å². The number of nitrogen functional groups attached to an aromatic ring is 1. The van der Waals surface area contributed by atoms with Gasteiger partial charge in [0.05, 0.1) is 51.2 Å². The second-order valence-electron chi connectivity index (χ2n) is 14.5. The maximum atomic E-state index is 14.3. The smallest absolute Gasteiger partial charge is 0.418 e. The molecule has 1 saturated carbocycles. The Morgan fingerprint density at radius 1 is 1.19 bits per heavy atom. The van der Waals surface area contributed by atoms with E-state index >= 15 is 0 Å². The molecule has 2 unspecified atom stereocenters. The minimum absolute atomic E-state index is 0.0278. The van der Waals surface area contributed by atoms with Gasteiger partial charge < -0.3 is 25.4 Å². The number of rotatable bonds is 6. The SMILES string of the molecule is C=C(F)F.CNC(=O)c1nn2c(c1Br)CN(c1nc(OCC34CCCN3CC3(CC3)C4)nc3c1COC(c1cc(N)cc(Cl)c1C(F)(F)F)C3)CCC2. The number of carbonyl (C=O) groups excluding carboxylic acids is 1. The average molecular weight is 830 g/mol. The summed E-state index contributed by atoms with van der Waals surface area (Å²) < 4.78 is 78.2. The monoisotopic (exact) mass is 828 g/mol. The fourth-order valence-electron chi connectivity index (χ4n) is 8.41. The molecule has 2 atom stereocenters. The minimum Gasteiger partial charge on any atom is -0.461 e. The molecular formula is C35H39BrClF5N8O3. The molecular weight excluding hydrogens is 791 g/mol. The van der Waals surface area contributed by atoms with E-state index in [-0.39, 0.29) is 41.7 Å². The minimum atomic E-state index is -4.71. The van der Waals surface area contributed by atoms with E-state index in [4.69, 9.17) is 36.8 Å². The average Bonchev–Trinajstić information content (AvgIpc) is 3.58. The quantitative estimate of drug-likeness (QED) is 0.199. The summed E-state index contributed by atoms with van der Waals surface area (Å²) in [5, 5.41) is 6.71. The van der Waals surface area contributed by atoms with Crippen molar-refractivity contribution in [3.05, 3.63) is 68.1 Å². The summed E-state index contributed by atoms with van der Waals surface area (Å²) in [6.07, 6.45) is -1.01. The summed E-state index contributed by atoms with van der Waals surface area (Å²) in [6.45, 7) is 6.38. The van der Waals surface area contributed by atoms with Crippen molar-refractivity contribution in [2.45, 2.75) is 82.5 Å². The van der Waals surface area contributed by atoms with Gasteiger partial charge in [0.2, 0.25) is 0 Å². The Bertz CT molecular complexity index is 1940. The van der Waals surface area contributed by atoms with E-state index < -0.39 is 28.9 Å². The first-order valence-corrected chi connectivity index (χ1v) is 18.6. The molecule has 1 aliphatic carbocycles. The third kappa shape index (κ3) is 7.45. The van der Waals surface area contributed by atoms with Gasteiger partial charge >= 0.3 is 12.2 Å². The summed E-state index contributed by atoms with van der Waals surface area (Å²) >= 11 is 9.72. The van der Waals surface area contributed by atoms with Crippen molar-refractivity contribution >= 4 is 44.9 Å². The van der Waals surface area contributed by atoms with E-state index in [2.05, 4.69) is 42.7 Å². The number of nitrogens with zero attached hydrogens (tertiary/aromatic N) is 6. The number of aromatic nitrogens is 4. The molecule has 5 aliphatic rings. The number of anilines is 2. The normalized spacial score (nSPS) is 23.0. The van der Waals surface area contributed by atoms with E-state index in [9.17, 15) is 26.7 Å². The maximum Gasteiger partial charge on any atom is 0.418 e. The lowest BCUT2D eigenvalue weighted by Gasteiger charge is -2.33. The van der Waals surface area contributed by atoms with Crippen molar-refractivity contribution in [2.24, 2.45) is 5.41 Å². The molecule has 11 nitrogen and oxygen atoms in total. The molecule has 0 radical (unpaired) electrons. The van der Waals surface area contributed by atoms with Gasteiger partial charge in [0.1, 0.15) is 12.4 Å². The van der Waals surface area contributed by atoms with Gasteiger partial charge in [-0.15, -0.1) is 0 Å². The molecule has 1 amide bonds. The van der Waals surface area contributed by atoms with Crippen molar-refractivity contribution in [3.63, 3.8) is 0 Å². The number of carbonyl (C=O) groups is 1. The van der Waals surface area contributed by atoms with E-state index in [1.54, 1.807) is 7.05 Å². The largest absolute Gasteiger partial charge is 0.461 e. The van der Waals surface area contributed by atoms with Crippen LogP contribution in [0.3, 0.4) is 0 Å². The van der Waals surface area contributed by atoms with Crippen LogP contribution in [0.25, 0.3) is 0 Å². The summed E-state index contributed by atoms with van der Waals surface area (Å²) in [7, 11) is 1.56. The second kappa shape index (κ2) is 14.3. The van der Waals surface area contributed by atoms with Crippen LogP contribution in [0, 0.1) is 5.41 Å². The Hall–Kier alpha value is -3.54. The highest BCUT2D eigenvalue weighted by molar-refractivity contribution is 9.10. The van der Waals surface area contributed by atoms with Crippen LogP contribution in [0.15, 0.2) is 29.3 Å². The lowest BCUT2D eigenvalue weighted by Crippen LogP contribution is -2.43. The van der Waals surface area contributed by atoms with E-state index in [1.165, 1.54) is 18.9 Å². The molecule has 286 valence electrons. The molecule has 18 heteroatoms. The molecule has 6 heterocycles. The molecule has 1 spiro atoms. The highest BCUT2D eigenvalue weighted by Crippen LogP contribution is 2.60. The number of alkyl halides is 3. The first-order chi connectivity index (χ1) is 25.1. The first-order valence-electron chi connectivity index (χ1n) is 17.4. The van der Waals surface area contributed by atoms with Crippen molar-refractivity contribution < 1.29 is 36.2 Å². The third-order valence-electron chi connectivity index (χ3n) is 10.9. The summed E-state index contributed by atoms with van der Waals surface area (Å²) in [5.74, 6) is 0.294. The van der Waals surface area contributed by atoms with Crippen LogP contribution in [0.4, 0.5) is 33.5 Å².